The summed E-state index contributed by atoms with van der Waals surface area (Å²) in [7, 11) is 0. The van der Waals surface area contributed by atoms with E-state index in [4.69, 9.17) is 0 Å². The standard InChI is InChI=1S/2C20H36O2/c2*1-7-18(4,21)13-9-16-19(5)12-8-11-17(2,3)15(19)10-14-20(16,6)22/h2*7,15-16,21-22H,1,8-14H2,2-6H3/t2*15-,16+,18-,19-,20+/m00/s1. The smallest absolute Gasteiger partial charge is 0.0797 e. The topological polar surface area (TPSA) is 80.9 Å². The lowest BCUT2D eigenvalue weighted by Gasteiger charge is -2.61. The quantitative estimate of drug-likeness (QED) is 0.205. The maximum Gasteiger partial charge on any atom is 0.0797 e. The first-order valence-electron chi connectivity index (χ1n) is 18.1. The first kappa shape index (κ1) is 37.8. The van der Waals surface area contributed by atoms with E-state index in [0.29, 0.717) is 35.5 Å². The molecule has 0 heterocycles. The van der Waals surface area contributed by atoms with Crippen LogP contribution in [0.2, 0.25) is 0 Å². The Morgan fingerprint density at radius 3 is 1.20 bits per heavy atom. The third-order valence-electron chi connectivity index (χ3n) is 14.3. The summed E-state index contributed by atoms with van der Waals surface area (Å²) >= 11 is 0. The van der Waals surface area contributed by atoms with Crippen LogP contribution in [0.4, 0.5) is 0 Å². The monoisotopic (exact) mass is 617 g/mol. The highest BCUT2D eigenvalue weighted by Gasteiger charge is 2.59. The Labute approximate surface area is 272 Å². The van der Waals surface area contributed by atoms with Gasteiger partial charge in [0.25, 0.3) is 0 Å². The molecule has 4 aliphatic rings. The summed E-state index contributed by atoms with van der Waals surface area (Å²) in [6.07, 6.45) is 17.9. The summed E-state index contributed by atoms with van der Waals surface area (Å²) in [5.74, 6) is 1.86. The largest absolute Gasteiger partial charge is 0.390 e. The van der Waals surface area contributed by atoms with Crippen molar-refractivity contribution in [2.75, 3.05) is 0 Å². The summed E-state index contributed by atoms with van der Waals surface area (Å²) < 4.78 is 0. The highest BCUT2D eigenvalue weighted by molar-refractivity contribution is 5.09. The van der Waals surface area contributed by atoms with Crippen LogP contribution in [0.15, 0.2) is 25.3 Å². The molecule has 0 aromatic heterocycles. The minimum absolute atomic E-state index is 0.181. The Balaban J connectivity index is 0.000000240. The predicted octanol–water partition coefficient (Wildman–Crippen LogP) is 9.39. The van der Waals surface area contributed by atoms with Gasteiger partial charge in [-0.1, -0.05) is 66.5 Å². The lowest BCUT2D eigenvalue weighted by Crippen LogP contribution is -2.57. The van der Waals surface area contributed by atoms with Gasteiger partial charge in [0, 0.05) is 0 Å². The average Bonchev–Trinajstić information content (AvgIpc) is 2.86. The Morgan fingerprint density at radius 1 is 0.591 bits per heavy atom. The van der Waals surface area contributed by atoms with E-state index in [-0.39, 0.29) is 22.7 Å². The minimum Gasteiger partial charge on any atom is -0.390 e. The van der Waals surface area contributed by atoms with E-state index in [2.05, 4.69) is 54.7 Å². The van der Waals surface area contributed by atoms with Crippen molar-refractivity contribution in [2.24, 2.45) is 45.3 Å². The van der Waals surface area contributed by atoms with Crippen LogP contribution in [-0.2, 0) is 0 Å². The molecule has 4 nitrogen and oxygen atoms in total. The van der Waals surface area contributed by atoms with E-state index >= 15 is 0 Å². The van der Waals surface area contributed by atoms with Crippen LogP contribution < -0.4 is 0 Å². The van der Waals surface area contributed by atoms with Crippen molar-refractivity contribution in [2.45, 2.75) is 182 Å². The highest BCUT2D eigenvalue weighted by Crippen LogP contribution is 2.64. The Kier molecular flexibility index (Phi) is 10.9. The molecule has 256 valence electrons. The lowest BCUT2D eigenvalue weighted by atomic mass is 9.45. The number of hydrogen-bond donors (Lipinski definition) is 4. The zero-order valence-corrected chi connectivity index (χ0v) is 30.6. The molecule has 10 atom stereocenters. The van der Waals surface area contributed by atoms with Gasteiger partial charge in [-0.2, -0.15) is 0 Å². The Bertz CT molecular complexity index is 923. The van der Waals surface area contributed by atoms with Crippen LogP contribution >= 0.6 is 0 Å². The maximum atomic E-state index is 11.1. The van der Waals surface area contributed by atoms with E-state index in [0.717, 1.165) is 38.5 Å². The van der Waals surface area contributed by atoms with Crippen molar-refractivity contribution < 1.29 is 20.4 Å². The minimum atomic E-state index is -0.830. The third-order valence-corrected chi connectivity index (χ3v) is 14.3. The summed E-state index contributed by atoms with van der Waals surface area (Å²) in [6, 6.07) is 0. The zero-order valence-electron chi connectivity index (χ0n) is 30.6. The number of fused-ring (bicyclic) bond motifs is 2. The van der Waals surface area contributed by atoms with E-state index in [1.807, 2.05) is 27.7 Å². The van der Waals surface area contributed by atoms with Gasteiger partial charge in [-0.15, -0.1) is 13.2 Å². The molecule has 0 spiro atoms. The predicted molar refractivity (Wildman–Crippen MR) is 185 cm³/mol. The van der Waals surface area contributed by atoms with Gasteiger partial charge in [0.05, 0.1) is 22.4 Å². The van der Waals surface area contributed by atoms with Crippen LogP contribution in [0.1, 0.15) is 159 Å². The Hall–Kier alpha value is -0.680. The molecular formula is C40H72O4. The first-order chi connectivity index (χ1) is 19.9. The molecule has 0 aliphatic heterocycles. The molecule has 44 heavy (non-hydrogen) atoms. The lowest BCUT2D eigenvalue weighted by molar-refractivity contribution is -0.172. The van der Waals surface area contributed by atoms with E-state index < -0.39 is 22.4 Å². The van der Waals surface area contributed by atoms with Gasteiger partial charge in [0.2, 0.25) is 0 Å². The Morgan fingerprint density at radius 2 is 0.909 bits per heavy atom. The molecule has 4 saturated carbocycles. The number of rotatable bonds is 8. The molecule has 0 unspecified atom stereocenters. The summed E-state index contributed by atoms with van der Waals surface area (Å²) in [5.41, 5.74) is -1.80. The van der Waals surface area contributed by atoms with E-state index in [1.165, 1.54) is 38.5 Å². The van der Waals surface area contributed by atoms with Crippen LogP contribution in [-0.4, -0.2) is 42.8 Å². The number of hydrogen-bond acceptors (Lipinski definition) is 4. The summed E-state index contributed by atoms with van der Waals surface area (Å²) in [5, 5.41) is 42.8. The molecule has 4 fully saturated rings. The molecule has 4 N–H and O–H groups in total. The second-order valence-corrected chi connectivity index (χ2v) is 18.9. The fourth-order valence-corrected chi connectivity index (χ4v) is 11.6. The summed E-state index contributed by atoms with van der Waals surface area (Å²) in [4.78, 5) is 0. The molecule has 4 rings (SSSR count). The van der Waals surface area contributed by atoms with Crippen LogP contribution in [0.3, 0.4) is 0 Å². The van der Waals surface area contributed by atoms with Crippen molar-refractivity contribution in [3.05, 3.63) is 25.3 Å². The van der Waals surface area contributed by atoms with Crippen molar-refractivity contribution in [3.8, 4) is 0 Å². The normalized spacial score (nSPS) is 44.0. The highest BCUT2D eigenvalue weighted by atomic mass is 16.3. The van der Waals surface area contributed by atoms with E-state index in [1.54, 1.807) is 12.2 Å². The second-order valence-electron chi connectivity index (χ2n) is 18.9. The van der Waals surface area contributed by atoms with E-state index in [9.17, 15) is 20.4 Å². The van der Waals surface area contributed by atoms with Gasteiger partial charge in [0.15, 0.2) is 0 Å². The molecule has 0 amide bonds. The number of aliphatic hydroxyl groups is 4. The first-order valence-corrected chi connectivity index (χ1v) is 18.1. The molecule has 4 heteroatoms. The SMILES string of the molecule is C=C[C@](C)(O)CC[C@@H]1[C@@]2(C)CCCC(C)(C)[C@@H]2CC[C@@]1(C)O.C=C[C@](C)(O)CC[C@@H]1[C@@]2(C)CCCC(C)(C)[C@@H]2CC[C@@]1(C)O. The fraction of sp³-hybridized carbons (Fsp3) is 0.900. The van der Waals surface area contributed by atoms with Crippen molar-refractivity contribution in [1.82, 2.24) is 0 Å². The van der Waals surface area contributed by atoms with Crippen LogP contribution in [0.25, 0.3) is 0 Å². The van der Waals surface area contributed by atoms with Gasteiger partial charge in [-0.25, -0.2) is 0 Å². The van der Waals surface area contributed by atoms with Crippen molar-refractivity contribution in [3.63, 3.8) is 0 Å². The van der Waals surface area contributed by atoms with Crippen LogP contribution in [0.5, 0.6) is 0 Å². The molecular weight excluding hydrogens is 544 g/mol. The molecule has 0 aromatic carbocycles. The second kappa shape index (κ2) is 12.7. The van der Waals surface area contributed by atoms with Crippen molar-refractivity contribution >= 4 is 0 Å². The van der Waals surface area contributed by atoms with Crippen LogP contribution in [0, 0.1) is 45.3 Å². The zero-order chi connectivity index (χ0) is 33.6. The fourth-order valence-electron chi connectivity index (χ4n) is 11.6. The third kappa shape index (κ3) is 7.71. The molecule has 0 bridgehead atoms. The van der Waals surface area contributed by atoms with Crippen molar-refractivity contribution in [1.29, 1.82) is 0 Å². The van der Waals surface area contributed by atoms with Gasteiger partial charge < -0.3 is 20.4 Å². The maximum absolute atomic E-state index is 11.1. The molecule has 0 aromatic rings. The summed E-state index contributed by atoms with van der Waals surface area (Å²) in [6.45, 7) is 29.6. The molecule has 0 saturated heterocycles. The van der Waals surface area contributed by atoms with Gasteiger partial charge >= 0.3 is 0 Å². The van der Waals surface area contributed by atoms with Gasteiger partial charge in [-0.3, -0.25) is 0 Å². The van der Waals surface area contributed by atoms with Gasteiger partial charge in [0.1, 0.15) is 0 Å². The van der Waals surface area contributed by atoms with Gasteiger partial charge in [-0.05, 0) is 150 Å². The molecule has 4 aliphatic carbocycles. The average molecular weight is 617 g/mol. The molecule has 0 radical (unpaired) electrons.